The first-order chi connectivity index (χ1) is 5.17. The quantitative estimate of drug-likeness (QED) is 0.698. The van der Waals surface area contributed by atoms with E-state index in [1.54, 1.807) is 31.2 Å². The Morgan fingerprint density at radius 1 is 1.18 bits per heavy atom. The first-order valence-electron chi connectivity index (χ1n) is 3.44. The second-order valence-electron chi connectivity index (χ2n) is 2.22. The van der Waals surface area contributed by atoms with Gasteiger partial charge in [0.15, 0.2) is 0 Å². The molecule has 0 fully saturated rings. The van der Waals surface area contributed by atoms with Crippen LogP contribution in [0.1, 0.15) is 6.92 Å². The number of benzene rings is 1. The summed E-state index contributed by atoms with van der Waals surface area (Å²) in [6.07, 6.45) is 0. The third kappa shape index (κ3) is 1.88. The van der Waals surface area contributed by atoms with Crippen LogP contribution < -0.4 is 4.46 Å². The van der Waals surface area contributed by atoms with Crippen molar-refractivity contribution in [3.05, 3.63) is 30.3 Å². The zero-order valence-electron chi connectivity index (χ0n) is 6.32. The van der Waals surface area contributed by atoms with Crippen LogP contribution in [-0.4, -0.2) is 12.7 Å². The average Bonchev–Trinajstić information content (AvgIpc) is 2.06. The fourth-order valence-corrected chi connectivity index (χ4v) is 2.69. The number of rotatable bonds is 2. The van der Waals surface area contributed by atoms with Gasteiger partial charge in [0.25, 0.3) is 0 Å². The van der Waals surface area contributed by atoms with E-state index in [0.29, 0.717) is 4.46 Å². The van der Waals surface area contributed by atoms with Crippen LogP contribution >= 0.6 is 0 Å². The van der Waals surface area contributed by atoms with Crippen LogP contribution in [0.25, 0.3) is 0 Å². The van der Waals surface area contributed by atoms with Gasteiger partial charge < -0.3 is 0 Å². The Labute approximate surface area is 67.9 Å². The van der Waals surface area contributed by atoms with E-state index >= 15 is 0 Å². The molecule has 0 bridgehead atoms. The fraction of sp³-hybridized carbons (Fsp3) is 0.250. The summed E-state index contributed by atoms with van der Waals surface area (Å²) in [5.74, 6) is 0. The van der Waals surface area contributed by atoms with Crippen molar-refractivity contribution < 1.29 is 7.67 Å². The second kappa shape index (κ2) is 3.16. The molecule has 1 aromatic carbocycles. The Hall–Kier alpha value is -0.661. The van der Waals surface area contributed by atoms with Crippen LogP contribution in [0.3, 0.4) is 0 Å². The van der Waals surface area contributed by atoms with Crippen LogP contribution in [0, 0.1) is 0 Å². The molecule has 2 nitrogen and oxygen atoms in total. The van der Waals surface area contributed by atoms with Crippen molar-refractivity contribution in [2.75, 3.05) is 0 Å². The summed E-state index contributed by atoms with van der Waals surface area (Å²) < 4.78 is 23.0. The molecule has 0 amide bonds. The summed E-state index contributed by atoms with van der Waals surface area (Å²) in [5, 5.41) is 0.237. The molecule has 3 heteroatoms. The van der Waals surface area contributed by atoms with Crippen molar-refractivity contribution in [1.29, 1.82) is 0 Å². The fourth-order valence-electron chi connectivity index (χ4n) is 0.794. The van der Waals surface area contributed by atoms with Gasteiger partial charge in [-0.3, -0.25) is 0 Å². The molecule has 0 unspecified atom stereocenters. The maximum absolute atomic E-state index is 11.3. The normalized spacial score (nSPS) is 11.4. The molecule has 0 aliphatic carbocycles. The first kappa shape index (κ1) is 8.44. The van der Waals surface area contributed by atoms with Gasteiger partial charge in [0.1, 0.15) is 0 Å². The summed E-state index contributed by atoms with van der Waals surface area (Å²) in [5.41, 5.74) is 0. The molecule has 11 heavy (non-hydrogen) atoms. The topological polar surface area (TPSA) is 34.1 Å². The van der Waals surface area contributed by atoms with Gasteiger partial charge in [-0.15, -0.1) is 0 Å². The molecule has 60 valence electrons. The summed E-state index contributed by atoms with van der Waals surface area (Å²) in [7, 11) is 0. The van der Waals surface area contributed by atoms with Crippen LogP contribution in [0.2, 0.25) is 5.32 Å². The number of hydrogen-bond donors (Lipinski definition) is 0. The molecule has 0 saturated heterocycles. The molecule has 0 N–H and O–H groups in total. The van der Waals surface area contributed by atoms with Crippen molar-refractivity contribution in [3.8, 4) is 0 Å². The second-order valence-corrected chi connectivity index (χ2v) is 7.00. The molecular formula is C8H10O2Se. The van der Waals surface area contributed by atoms with E-state index in [4.69, 9.17) is 0 Å². The molecule has 1 rings (SSSR count). The SMILES string of the molecule is CC[Se](=O)(=O)c1ccccc1. The van der Waals surface area contributed by atoms with Crippen LogP contribution in [0.5, 0.6) is 0 Å². The molecule has 0 atom stereocenters. The summed E-state index contributed by atoms with van der Waals surface area (Å²) in [4.78, 5) is 0. The molecule has 0 radical (unpaired) electrons. The molecule has 0 spiro atoms. The third-order valence-corrected chi connectivity index (χ3v) is 5.15. The molecule has 0 saturated carbocycles. The van der Waals surface area contributed by atoms with Crippen molar-refractivity contribution >= 4 is 17.2 Å². The molecule has 1 aromatic rings. The van der Waals surface area contributed by atoms with Gasteiger partial charge in [0, 0.05) is 0 Å². The van der Waals surface area contributed by atoms with Gasteiger partial charge in [-0.2, -0.15) is 0 Å². The molecular weight excluding hydrogens is 207 g/mol. The van der Waals surface area contributed by atoms with Gasteiger partial charge in [-0.25, -0.2) is 0 Å². The zero-order valence-corrected chi connectivity index (χ0v) is 8.03. The zero-order chi connectivity index (χ0) is 8.32. The monoisotopic (exact) mass is 218 g/mol. The summed E-state index contributed by atoms with van der Waals surface area (Å²) in [6.45, 7) is 1.67. The Balaban J connectivity index is 3.14. The Bertz CT molecular complexity index is 313. The molecule has 0 aliphatic heterocycles. The molecule has 0 heterocycles. The van der Waals surface area contributed by atoms with Crippen molar-refractivity contribution in [2.24, 2.45) is 0 Å². The van der Waals surface area contributed by atoms with Crippen molar-refractivity contribution in [1.82, 2.24) is 0 Å². The summed E-state index contributed by atoms with van der Waals surface area (Å²) in [6, 6.07) is 8.58. The van der Waals surface area contributed by atoms with Gasteiger partial charge >= 0.3 is 67.4 Å². The van der Waals surface area contributed by atoms with E-state index < -0.39 is 12.7 Å². The maximum atomic E-state index is 11.3. The van der Waals surface area contributed by atoms with E-state index in [9.17, 15) is 7.67 Å². The van der Waals surface area contributed by atoms with Gasteiger partial charge in [0.2, 0.25) is 0 Å². The Morgan fingerprint density at radius 3 is 2.18 bits per heavy atom. The molecule has 0 aromatic heterocycles. The predicted molar refractivity (Wildman–Crippen MR) is 43.7 cm³/mol. The van der Waals surface area contributed by atoms with E-state index in [1.165, 1.54) is 0 Å². The van der Waals surface area contributed by atoms with Crippen LogP contribution in [0.4, 0.5) is 0 Å². The Kier molecular flexibility index (Phi) is 2.42. The summed E-state index contributed by atoms with van der Waals surface area (Å²) >= 11 is -3.73. The van der Waals surface area contributed by atoms with Crippen molar-refractivity contribution in [3.63, 3.8) is 0 Å². The van der Waals surface area contributed by atoms with E-state index in [0.717, 1.165) is 0 Å². The molecule has 0 aliphatic rings. The first-order valence-corrected chi connectivity index (χ1v) is 6.91. The van der Waals surface area contributed by atoms with E-state index in [-0.39, 0.29) is 5.32 Å². The average molecular weight is 217 g/mol. The van der Waals surface area contributed by atoms with Crippen LogP contribution in [-0.2, 0) is 7.67 Å². The van der Waals surface area contributed by atoms with E-state index in [1.807, 2.05) is 6.07 Å². The van der Waals surface area contributed by atoms with Crippen LogP contribution in [0.15, 0.2) is 30.3 Å². The van der Waals surface area contributed by atoms with Gasteiger partial charge in [-0.1, -0.05) is 0 Å². The van der Waals surface area contributed by atoms with Gasteiger partial charge in [-0.05, 0) is 0 Å². The van der Waals surface area contributed by atoms with E-state index in [2.05, 4.69) is 0 Å². The minimum atomic E-state index is -3.73. The third-order valence-electron chi connectivity index (χ3n) is 1.48. The van der Waals surface area contributed by atoms with Crippen molar-refractivity contribution in [2.45, 2.75) is 12.2 Å². The minimum absolute atomic E-state index is 0.237. The van der Waals surface area contributed by atoms with Gasteiger partial charge in [0.05, 0.1) is 0 Å². The standard InChI is InChI=1S/C8H10O2Se/c1-2-11(9,10)8-6-4-3-5-7-8/h3-7H,2H2,1H3. The number of hydrogen-bond acceptors (Lipinski definition) is 2. The Morgan fingerprint density at radius 2 is 1.73 bits per heavy atom. The predicted octanol–water partition coefficient (Wildman–Crippen LogP) is 1.22.